The van der Waals surface area contributed by atoms with Gasteiger partial charge in [-0.05, 0) is 42.9 Å². The maximum atomic E-state index is 6.04. The van der Waals surface area contributed by atoms with Crippen LogP contribution in [0.25, 0.3) is 0 Å². The van der Waals surface area contributed by atoms with Crippen LogP contribution in [0.3, 0.4) is 0 Å². The van der Waals surface area contributed by atoms with Crippen molar-refractivity contribution in [1.82, 2.24) is 0 Å². The topological polar surface area (TPSA) is 35.2 Å². The lowest BCUT2D eigenvalue weighted by Crippen LogP contribution is -2.22. The van der Waals surface area contributed by atoms with Gasteiger partial charge in [-0.25, -0.2) is 0 Å². The van der Waals surface area contributed by atoms with Crippen molar-refractivity contribution in [2.45, 2.75) is 52.5 Å². The van der Waals surface area contributed by atoms with Gasteiger partial charge in [0, 0.05) is 6.04 Å². The van der Waals surface area contributed by atoms with Gasteiger partial charge in [-0.15, -0.1) is 0 Å². The summed E-state index contributed by atoms with van der Waals surface area (Å²) in [5, 5.41) is 0. The Hall–Kier alpha value is -1.02. The van der Waals surface area contributed by atoms with E-state index in [0.717, 1.165) is 18.6 Å². The predicted octanol–water partition coefficient (Wildman–Crippen LogP) is 3.49. The van der Waals surface area contributed by atoms with Crippen LogP contribution in [0.1, 0.15) is 51.2 Å². The first-order chi connectivity index (χ1) is 8.08. The van der Waals surface area contributed by atoms with E-state index < -0.39 is 0 Å². The molecule has 2 N–H and O–H groups in total. The highest BCUT2D eigenvalue weighted by Gasteiger charge is 2.10. The first kappa shape index (κ1) is 14.0. The van der Waals surface area contributed by atoms with E-state index in [2.05, 4.69) is 39.0 Å². The Morgan fingerprint density at radius 1 is 1.24 bits per heavy atom. The number of rotatable bonds is 6. The molecule has 2 nitrogen and oxygen atoms in total. The van der Waals surface area contributed by atoms with Crippen molar-refractivity contribution in [1.29, 1.82) is 0 Å². The highest BCUT2D eigenvalue weighted by molar-refractivity contribution is 5.39. The van der Waals surface area contributed by atoms with Crippen molar-refractivity contribution in [2.75, 3.05) is 6.61 Å². The number of nitrogens with two attached hydrogens (primary N) is 1. The number of hydrogen-bond donors (Lipinski definition) is 1. The van der Waals surface area contributed by atoms with Crippen molar-refractivity contribution in [3.05, 3.63) is 29.3 Å². The first-order valence-electron chi connectivity index (χ1n) is 6.59. The fraction of sp³-hybridized carbons (Fsp3) is 0.600. The molecule has 1 aromatic carbocycles. The summed E-state index contributed by atoms with van der Waals surface area (Å²) in [4.78, 5) is 0. The van der Waals surface area contributed by atoms with E-state index in [1.54, 1.807) is 0 Å². The normalized spacial score (nSPS) is 12.8. The van der Waals surface area contributed by atoms with Gasteiger partial charge in [-0.2, -0.15) is 0 Å². The molecule has 0 aromatic heterocycles. The molecule has 0 amide bonds. The summed E-state index contributed by atoms with van der Waals surface area (Å²) < 4.78 is 5.66. The SMILES string of the molecule is CCOc1ccc(C(C)C)cc1CC(N)CC. The molecule has 0 spiro atoms. The maximum Gasteiger partial charge on any atom is 0.122 e. The van der Waals surface area contributed by atoms with E-state index in [1.165, 1.54) is 11.1 Å². The Labute approximate surface area is 105 Å². The van der Waals surface area contributed by atoms with E-state index >= 15 is 0 Å². The monoisotopic (exact) mass is 235 g/mol. The molecule has 0 fully saturated rings. The van der Waals surface area contributed by atoms with E-state index in [1.807, 2.05) is 6.92 Å². The van der Waals surface area contributed by atoms with E-state index in [0.29, 0.717) is 12.5 Å². The van der Waals surface area contributed by atoms with Crippen LogP contribution in [0.5, 0.6) is 5.75 Å². The third-order valence-electron chi connectivity index (χ3n) is 3.06. The van der Waals surface area contributed by atoms with Gasteiger partial charge in [0.25, 0.3) is 0 Å². The summed E-state index contributed by atoms with van der Waals surface area (Å²) in [5.41, 5.74) is 8.64. The zero-order valence-electron chi connectivity index (χ0n) is 11.5. The predicted molar refractivity (Wildman–Crippen MR) is 73.7 cm³/mol. The number of ether oxygens (including phenoxy) is 1. The third kappa shape index (κ3) is 4.04. The minimum Gasteiger partial charge on any atom is -0.494 e. The van der Waals surface area contributed by atoms with Crippen molar-refractivity contribution < 1.29 is 4.74 Å². The molecule has 0 aliphatic rings. The fourth-order valence-corrected chi connectivity index (χ4v) is 1.84. The Bertz CT molecular complexity index is 347. The molecule has 0 radical (unpaired) electrons. The van der Waals surface area contributed by atoms with Crippen molar-refractivity contribution >= 4 is 0 Å². The highest BCUT2D eigenvalue weighted by Crippen LogP contribution is 2.25. The molecular formula is C15H25NO. The lowest BCUT2D eigenvalue weighted by molar-refractivity contribution is 0.335. The second-order valence-corrected chi connectivity index (χ2v) is 4.83. The minimum atomic E-state index is 0.219. The maximum absolute atomic E-state index is 6.04. The van der Waals surface area contributed by atoms with Crippen molar-refractivity contribution in [3.63, 3.8) is 0 Å². The van der Waals surface area contributed by atoms with E-state index in [4.69, 9.17) is 10.5 Å². The molecule has 1 rings (SSSR count). The van der Waals surface area contributed by atoms with Crippen LogP contribution in [0.4, 0.5) is 0 Å². The summed E-state index contributed by atoms with van der Waals surface area (Å²) >= 11 is 0. The van der Waals surface area contributed by atoms with E-state index in [9.17, 15) is 0 Å². The van der Waals surface area contributed by atoms with Gasteiger partial charge in [0.1, 0.15) is 5.75 Å². The molecule has 0 aliphatic carbocycles. The highest BCUT2D eigenvalue weighted by atomic mass is 16.5. The van der Waals surface area contributed by atoms with Gasteiger partial charge in [0.2, 0.25) is 0 Å². The molecule has 96 valence electrons. The number of benzene rings is 1. The van der Waals surface area contributed by atoms with Crippen LogP contribution in [-0.4, -0.2) is 12.6 Å². The Morgan fingerprint density at radius 3 is 2.47 bits per heavy atom. The quantitative estimate of drug-likeness (QED) is 0.819. The Balaban J connectivity index is 2.97. The van der Waals surface area contributed by atoms with Crippen LogP contribution in [-0.2, 0) is 6.42 Å². The van der Waals surface area contributed by atoms with Gasteiger partial charge in [-0.3, -0.25) is 0 Å². The summed E-state index contributed by atoms with van der Waals surface area (Å²) in [6.07, 6.45) is 1.89. The standard InChI is InChI=1S/C15H25NO/c1-5-14(16)10-13-9-12(11(3)4)7-8-15(13)17-6-2/h7-9,11,14H,5-6,10,16H2,1-4H3. The molecule has 0 aliphatic heterocycles. The molecule has 0 heterocycles. The molecule has 0 saturated carbocycles. The lowest BCUT2D eigenvalue weighted by atomic mass is 9.96. The van der Waals surface area contributed by atoms with Crippen molar-refractivity contribution in [2.24, 2.45) is 5.73 Å². The van der Waals surface area contributed by atoms with Crippen LogP contribution >= 0.6 is 0 Å². The van der Waals surface area contributed by atoms with Crippen molar-refractivity contribution in [3.8, 4) is 5.75 Å². The summed E-state index contributed by atoms with van der Waals surface area (Å²) in [5.74, 6) is 1.53. The largest absolute Gasteiger partial charge is 0.494 e. The van der Waals surface area contributed by atoms with Crippen LogP contribution in [0.2, 0.25) is 0 Å². The van der Waals surface area contributed by atoms with Gasteiger partial charge >= 0.3 is 0 Å². The fourth-order valence-electron chi connectivity index (χ4n) is 1.84. The summed E-state index contributed by atoms with van der Waals surface area (Å²) in [7, 11) is 0. The second-order valence-electron chi connectivity index (χ2n) is 4.83. The van der Waals surface area contributed by atoms with E-state index in [-0.39, 0.29) is 6.04 Å². The van der Waals surface area contributed by atoms with Gasteiger partial charge in [0.15, 0.2) is 0 Å². The average Bonchev–Trinajstić information content (AvgIpc) is 2.31. The van der Waals surface area contributed by atoms with Crippen LogP contribution in [0, 0.1) is 0 Å². The second kappa shape index (κ2) is 6.65. The van der Waals surface area contributed by atoms with Gasteiger partial charge in [-0.1, -0.05) is 32.9 Å². The zero-order chi connectivity index (χ0) is 12.8. The molecule has 1 unspecified atom stereocenters. The van der Waals surface area contributed by atoms with Gasteiger partial charge in [0.05, 0.1) is 6.61 Å². The molecule has 0 bridgehead atoms. The molecule has 1 aromatic rings. The van der Waals surface area contributed by atoms with Crippen LogP contribution < -0.4 is 10.5 Å². The first-order valence-corrected chi connectivity index (χ1v) is 6.59. The average molecular weight is 235 g/mol. The Morgan fingerprint density at radius 2 is 1.94 bits per heavy atom. The molecule has 0 saturated heterocycles. The molecule has 1 atom stereocenters. The Kier molecular flexibility index (Phi) is 5.49. The molecule has 2 heteroatoms. The van der Waals surface area contributed by atoms with Gasteiger partial charge < -0.3 is 10.5 Å². The number of hydrogen-bond acceptors (Lipinski definition) is 2. The molecular weight excluding hydrogens is 210 g/mol. The zero-order valence-corrected chi connectivity index (χ0v) is 11.5. The smallest absolute Gasteiger partial charge is 0.122 e. The lowest BCUT2D eigenvalue weighted by Gasteiger charge is -2.16. The summed E-state index contributed by atoms with van der Waals surface area (Å²) in [6, 6.07) is 6.69. The minimum absolute atomic E-state index is 0.219. The van der Waals surface area contributed by atoms with Crippen LogP contribution in [0.15, 0.2) is 18.2 Å². The summed E-state index contributed by atoms with van der Waals surface area (Å²) in [6.45, 7) is 9.25. The third-order valence-corrected chi connectivity index (χ3v) is 3.06. The molecule has 17 heavy (non-hydrogen) atoms.